The summed E-state index contributed by atoms with van der Waals surface area (Å²) in [6.45, 7) is 9.79. The van der Waals surface area contributed by atoms with Gasteiger partial charge in [-0.1, -0.05) is 49.7 Å². The van der Waals surface area contributed by atoms with Crippen LogP contribution < -0.4 is 10.2 Å². The fourth-order valence-electron chi connectivity index (χ4n) is 3.47. The summed E-state index contributed by atoms with van der Waals surface area (Å²) in [5.74, 6) is 0.0514. The molecule has 0 fully saturated rings. The summed E-state index contributed by atoms with van der Waals surface area (Å²) in [6.07, 6.45) is 0. The molecule has 164 valence electrons. The molecule has 0 atom stereocenters. The Hall–Kier alpha value is -3.41. The number of carbonyl (C=O) groups is 2. The van der Waals surface area contributed by atoms with Crippen molar-refractivity contribution in [1.82, 2.24) is 15.1 Å². The fraction of sp³-hybridized carbons (Fsp3) is 0.320. The van der Waals surface area contributed by atoms with E-state index >= 15 is 0 Å². The first-order valence-electron chi connectivity index (χ1n) is 10.5. The molecule has 0 saturated carbocycles. The fourth-order valence-corrected chi connectivity index (χ4v) is 3.47. The topological polar surface area (TPSA) is 67.2 Å². The highest BCUT2D eigenvalue weighted by Gasteiger charge is 2.20. The predicted octanol–water partition coefficient (Wildman–Crippen LogP) is 5.22. The van der Waals surface area contributed by atoms with Crippen molar-refractivity contribution in [2.75, 3.05) is 19.0 Å². The number of anilines is 1. The minimum absolute atomic E-state index is 0.0514. The lowest BCUT2D eigenvalue weighted by Crippen LogP contribution is -2.34. The van der Waals surface area contributed by atoms with Gasteiger partial charge >= 0.3 is 6.03 Å². The first-order chi connectivity index (χ1) is 14.8. The van der Waals surface area contributed by atoms with E-state index in [4.69, 9.17) is 0 Å². The second kappa shape index (κ2) is 10.6. The highest BCUT2D eigenvalue weighted by Crippen LogP contribution is 2.36. The van der Waals surface area contributed by atoms with Crippen molar-refractivity contribution in [2.45, 2.75) is 41.2 Å². The number of aromatic nitrogens is 2. The summed E-state index contributed by atoms with van der Waals surface area (Å²) < 4.78 is 1.78. The molecule has 2 aromatic carbocycles. The smallest absolute Gasteiger partial charge is 0.321 e. The minimum atomic E-state index is -0.177. The van der Waals surface area contributed by atoms with Crippen LogP contribution in [0.3, 0.4) is 0 Å². The summed E-state index contributed by atoms with van der Waals surface area (Å²) in [5, 5.41) is 7.27. The quantitative estimate of drug-likeness (QED) is 0.615. The Bertz CT molecular complexity index is 1050. The molecule has 0 bridgehead atoms. The zero-order valence-electron chi connectivity index (χ0n) is 19.5. The van der Waals surface area contributed by atoms with Crippen LogP contribution in [0.4, 0.5) is 10.5 Å². The molecule has 0 radical (unpaired) electrons. The lowest BCUT2D eigenvalue weighted by atomic mass is 9.98. The number of urea groups is 1. The SMILES string of the molecule is CC.CNC(=O)N(C)c1ccc(-c2c(C)nn(CC(C)=O)c2-c2cccc(C)c2)cc1. The van der Waals surface area contributed by atoms with Gasteiger partial charge in [-0.2, -0.15) is 5.10 Å². The normalized spacial score (nSPS) is 10.2. The van der Waals surface area contributed by atoms with Crippen LogP contribution in [0.15, 0.2) is 48.5 Å². The Morgan fingerprint density at radius 2 is 1.68 bits per heavy atom. The lowest BCUT2D eigenvalue weighted by molar-refractivity contribution is -0.117. The molecule has 0 aliphatic carbocycles. The highest BCUT2D eigenvalue weighted by molar-refractivity contribution is 5.92. The number of ketones is 1. The van der Waals surface area contributed by atoms with Crippen LogP contribution in [-0.4, -0.2) is 35.7 Å². The first-order valence-corrected chi connectivity index (χ1v) is 10.5. The Morgan fingerprint density at radius 1 is 1.03 bits per heavy atom. The van der Waals surface area contributed by atoms with E-state index in [1.54, 1.807) is 30.6 Å². The van der Waals surface area contributed by atoms with E-state index in [1.807, 2.05) is 70.2 Å². The largest absolute Gasteiger partial charge is 0.341 e. The van der Waals surface area contributed by atoms with E-state index in [1.165, 1.54) is 0 Å². The molecule has 0 spiro atoms. The summed E-state index contributed by atoms with van der Waals surface area (Å²) in [5.41, 5.74) is 6.72. The van der Waals surface area contributed by atoms with Crippen molar-refractivity contribution in [1.29, 1.82) is 0 Å². The third kappa shape index (κ3) is 5.40. The van der Waals surface area contributed by atoms with Crippen LogP contribution in [-0.2, 0) is 11.3 Å². The van der Waals surface area contributed by atoms with Gasteiger partial charge in [-0.3, -0.25) is 14.4 Å². The maximum absolute atomic E-state index is 11.9. The molecule has 3 aromatic rings. The van der Waals surface area contributed by atoms with Gasteiger partial charge in [-0.15, -0.1) is 0 Å². The zero-order chi connectivity index (χ0) is 23.1. The molecule has 2 amide bonds. The lowest BCUT2D eigenvalue weighted by Gasteiger charge is -2.17. The molecule has 1 aromatic heterocycles. The van der Waals surface area contributed by atoms with E-state index in [0.717, 1.165) is 39.3 Å². The number of benzene rings is 2. The van der Waals surface area contributed by atoms with Crippen molar-refractivity contribution < 1.29 is 9.59 Å². The molecule has 0 saturated heterocycles. The van der Waals surface area contributed by atoms with Gasteiger partial charge in [0.1, 0.15) is 0 Å². The third-order valence-electron chi connectivity index (χ3n) is 4.85. The van der Waals surface area contributed by atoms with Gasteiger partial charge in [0.05, 0.1) is 17.9 Å². The average molecular weight is 421 g/mol. The molecule has 6 heteroatoms. The number of nitrogens with one attached hydrogen (secondary N) is 1. The molecule has 0 unspecified atom stereocenters. The van der Waals surface area contributed by atoms with Gasteiger partial charge in [0, 0.05) is 30.9 Å². The molecule has 31 heavy (non-hydrogen) atoms. The molecule has 3 rings (SSSR count). The third-order valence-corrected chi connectivity index (χ3v) is 4.85. The Balaban J connectivity index is 0.00000166. The number of amides is 2. The van der Waals surface area contributed by atoms with Gasteiger partial charge in [0.2, 0.25) is 0 Å². The molecular formula is C25H32N4O2. The van der Waals surface area contributed by atoms with Crippen LogP contribution in [0.1, 0.15) is 32.0 Å². The highest BCUT2D eigenvalue weighted by atomic mass is 16.2. The summed E-state index contributed by atoms with van der Waals surface area (Å²) in [7, 11) is 3.33. The standard InChI is InChI=1S/C23H26N4O2.C2H6/c1-15-7-6-8-19(13-15)22-21(17(3)25-27(22)14-16(2)28)18-9-11-20(12-10-18)26(5)23(29)24-4;1-2/h6-13H,14H2,1-5H3,(H,24,29);1-2H3. The van der Waals surface area contributed by atoms with Crippen LogP contribution in [0.2, 0.25) is 0 Å². The Morgan fingerprint density at radius 3 is 2.23 bits per heavy atom. The number of nitrogens with zero attached hydrogens (tertiary/aromatic N) is 3. The van der Waals surface area contributed by atoms with Gasteiger partial charge in [0.25, 0.3) is 0 Å². The van der Waals surface area contributed by atoms with Crippen molar-refractivity contribution in [3.8, 4) is 22.4 Å². The van der Waals surface area contributed by atoms with E-state index in [0.29, 0.717) is 0 Å². The van der Waals surface area contributed by atoms with Crippen molar-refractivity contribution in [3.63, 3.8) is 0 Å². The van der Waals surface area contributed by atoms with Crippen molar-refractivity contribution in [2.24, 2.45) is 0 Å². The second-order valence-electron chi connectivity index (χ2n) is 7.20. The molecule has 0 aliphatic heterocycles. The van der Waals surface area contributed by atoms with E-state index in [9.17, 15) is 9.59 Å². The van der Waals surface area contributed by atoms with Gasteiger partial charge in [-0.05, 0) is 44.5 Å². The first kappa shape index (κ1) is 23.9. The molecule has 6 nitrogen and oxygen atoms in total. The van der Waals surface area contributed by atoms with E-state index in [-0.39, 0.29) is 18.4 Å². The summed E-state index contributed by atoms with van der Waals surface area (Å²) in [4.78, 5) is 25.2. The molecular weight excluding hydrogens is 388 g/mol. The zero-order valence-corrected chi connectivity index (χ0v) is 19.5. The van der Waals surface area contributed by atoms with E-state index < -0.39 is 0 Å². The van der Waals surface area contributed by atoms with Crippen molar-refractivity contribution in [3.05, 3.63) is 59.8 Å². The number of rotatable bonds is 5. The van der Waals surface area contributed by atoms with Gasteiger partial charge in [-0.25, -0.2) is 4.79 Å². The van der Waals surface area contributed by atoms with Crippen LogP contribution in [0.25, 0.3) is 22.4 Å². The molecule has 1 N–H and O–H groups in total. The number of hydrogen-bond acceptors (Lipinski definition) is 3. The minimum Gasteiger partial charge on any atom is -0.341 e. The maximum Gasteiger partial charge on any atom is 0.321 e. The maximum atomic E-state index is 11.9. The number of aryl methyl sites for hydroxylation is 2. The Labute approximate surface area is 184 Å². The van der Waals surface area contributed by atoms with E-state index in [2.05, 4.69) is 16.5 Å². The number of Topliss-reactive ketones (excluding diaryl/α,β-unsaturated/α-hetero) is 1. The molecule has 0 aliphatic rings. The van der Waals surface area contributed by atoms with Gasteiger partial charge < -0.3 is 5.32 Å². The van der Waals surface area contributed by atoms with Gasteiger partial charge in [0.15, 0.2) is 5.78 Å². The summed E-state index contributed by atoms with van der Waals surface area (Å²) >= 11 is 0. The average Bonchev–Trinajstić information content (AvgIpc) is 3.09. The monoisotopic (exact) mass is 420 g/mol. The van der Waals surface area contributed by atoms with Crippen LogP contribution in [0.5, 0.6) is 0 Å². The van der Waals surface area contributed by atoms with Crippen LogP contribution >= 0.6 is 0 Å². The predicted molar refractivity (Wildman–Crippen MR) is 127 cm³/mol. The van der Waals surface area contributed by atoms with Crippen molar-refractivity contribution >= 4 is 17.5 Å². The Kier molecular flexibility index (Phi) is 8.14. The molecule has 1 heterocycles. The summed E-state index contributed by atoms with van der Waals surface area (Å²) in [6, 6.07) is 15.8. The second-order valence-corrected chi connectivity index (χ2v) is 7.20. The van der Waals surface area contributed by atoms with Crippen LogP contribution in [0, 0.1) is 13.8 Å². The number of hydrogen-bond donors (Lipinski definition) is 1. The number of carbonyl (C=O) groups excluding carboxylic acids is 2.